The third kappa shape index (κ3) is 3.04. The van der Waals surface area contributed by atoms with Crippen molar-refractivity contribution in [3.8, 4) is 0 Å². The first-order chi connectivity index (χ1) is 13.5. The Labute approximate surface area is 160 Å². The summed E-state index contributed by atoms with van der Waals surface area (Å²) in [4.78, 5) is 53.9. The third-order valence-corrected chi connectivity index (χ3v) is 4.94. The van der Waals surface area contributed by atoms with E-state index in [0.717, 1.165) is 4.90 Å². The number of hydrogen-bond acceptors (Lipinski definition) is 6. The smallest absolute Gasteiger partial charge is 0.276 e. The summed E-state index contributed by atoms with van der Waals surface area (Å²) in [6, 6.07) is 8.10. The number of aromatic nitrogens is 1. The summed E-state index contributed by atoms with van der Waals surface area (Å²) < 4.78 is 4.93. The molecule has 0 bridgehead atoms. The van der Waals surface area contributed by atoms with E-state index in [4.69, 9.17) is 4.52 Å². The Morgan fingerprint density at radius 3 is 2.11 bits per heavy atom. The van der Waals surface area contributed by atoms with Crippen LogP contribution in [0.1, 0.15) is 37.0 Å². The fourth-order valence-corrected chi connectivity index (χ4v) is 3.41. The quantitative estimate of drug-likeness (QED) is 0.719. The molecule has 1 saturated heterocycles. The SMILES string of the molecule is Cc1cc(C(=O)N2CCN(C(=O)CN3C(=O)c4ccccc4C3=O)CC2)no1. The van der Waals surface area contributed by atoms with Crippen molar-refractivity contribution in [1.29, 1.82) is 0 Å². The second kappa shape index (κ2) is 6.91. The molecule has 1 aromatic carbocycles. The second-order valence-electron chi connectivity index (χ2n) is 6.74. The van der Waals surface area contributed by atoms with Crippen molar-refractivity contribution in [1.82, 2.24) is 19.9 Å². The van der Waals surface area contributed by atoms with E-state index in [1.807, 2.05) is 0 Å². The molecule has 4 amide bonds. The van der Waals surface area contributed by atoms with Gasteiger partial charge in [0.1, 0.15) is 12.3 Å². The van der Waals surface area contributed by atoms with E-state index in [9.17, 15) is 19.2 Å². The fraction of sp³-hybridized carbons (Fsp3) is 0.316. The van der Waals surface area contributed by atoms with Crippen LogP contribution >= 0.6 is 0 Å². The predicted octanol–water partition coefficient (Wildman–Crippen LogP) is 0.564. The first-order valence-corrected chi connectivity index (χ1v) is 8.91. The summed E-state index contributed by atoms with van der Waals surface area (Å²) in [5, 5.41) is 3.72. The Morgan fingerprint density at radius 2 is 1.57 bits per heavy atom. The Balaban J connectivity index is 1.35. The predicted molar refractivity (Wildman–Crippen MR) is 95.5 cm³/mol. The summed E-state index contributed by atoms with van der Waals surface area (Å²) in [6.07, 6.45) is 0. The van der Waals surface area contributed by atoms with Crippen LogP contribution in [-0.4, -0.2) is 76.2 Å². The van der Waals surface area contributed by atoms with Crippen molar-refractivity contribution in [2.45, 2.75) is 6.92 Å². The first kappa shape index (κ1) is 17.9. The van der Waals surface area contributed by atoms with Gasteiger partial charge in [-0.15, -0.1) is 0 Å². The molecule has 9 heteroatoms. The van der Waals surface area contributed by atoms with E-state index in [1.165, 1.54) is 0 Å². The maximum atomic E-state index is 12.6. The molecule has 2 aromatic rings. The number of hydrogen-bond donors (Lipinski definition) is 0. The van der Waals surface area contributed by atoms with Gasteiger partial charge in [-0.3, -0.25) is 24.1 Å². The van der Waals surface area contributed by atoms with E-state index in [1.54, 1.807) is 47.1 Å². The summed E-state index contributed by atoms with van der Waals surface area (Å²) in [6.45, 7) is 2.74. The zero-order chi connectivity index (χ0) is 19.8. The lowest BCUT2D eigenvalue weighted by Gasteiger charge is -2.34. The molecule has 3 heterocycles. The van der Waals surface area contributed by atoms with Gasteiger partial charge in [0.2, 0.25) is 5.91 Å². The minimum Gasteiger partial charge on any atom is -0.361 e. The maximum Gasteiger partial charge on any atom is 0.276 e. The normalized spacial score (nSPS) is 16.5. The molecule has 1 aromatic heterocycles. The number of carbonyl (C=O) groups excluding carboxylic acids is 4. The lowest BCUT2D eigenvalue weighted by atomic mass is 10.1. The van der Waals surface area contributed by atoms with Gasteiger partial charge in [0.15, 0.2) is 5.69 Å². The van der Waals surface area contributed by atoms with Crippen LogP contribution < -0.4 is 0 Å². The number of fused-ring (bicyclic) bond motifs is 1. The van der Waals surface area contributed by atoms with Crippen LogP contribution in [0.15, 0.2) is 34.9 Å². The van der Waals surface area contributed by atoms with E-state index in [0.29, 0.717) is 43.1 Å². The molecule has 4 rings (SSSR count). The average Bonchev–Trinajstić information content (AvgIpc) is 3.25. The van der Waals surface area contributed by atoms with Gasteiger partial charge in [-0.05, 0) is 19.1 Å². The van der Waals surface area contributed by atoms with Gasteiger partial charge in [-0.2, -0.15) is 0 Å². The summed E-state index contributed by atoms with van der Waals surface area (Å²) in [5.41, 5.74) is 0.876. The second-order valence-corrected chi connectivity index (χ2v) is 6.74. The Bertz CT molecular complexity index is 939. The molecule has 0 aliphatic carbocycles. The van der Waals surface area contributed by atoms with Gasteiger partial charge in [-0.25, -0.2) is 0 Å². The van der Waals surface area contributed by atoms with Gasteiger partial charge in [0.25, 0.3) is 17.7 Å². The van der Waals surface area contributed by atoms with Crippen molar-refractivity contribution in [2.24, 2.45) is 0 Å². The van der Waals surface area contributed by atoms with E-state index in [2.05, 4.69) is 5.16 Å². The number of nitrogens with zero attached hydrogens (tertiary/aromatic N) is 4. The molecule has 9 nitrogen and oxygen atoms in total. The lowest BCUT2D eigenvalue weighted by molar-refractivity contribution is -0.132. The van der Waals surface area contributed by atoms with Crippen LogP contribution in [-0.2, 0) is 4.79 Å². The number of carbonyl (C=O) groups is 4. The molecule has 0 radical (unpaired) electrons. The van der Waals surface area contributed by atoms with Gasteiger partial charge in [0.05, 0.1) is 11.1 Å². The molecule has 144 valence electrons. The number of aryl methyl sites for hydroxylation is 1. The number of rotatable bonds is 3. The highest BCUT2D eigenvalue weighted by Crippen LogP contribution is 2.22. The fourth-order valence-electron chi connectivity index (χ4n) is 3.41. The molecule has 2 aliphatic heterocycles. The van der Waals surface area contributed by atoms with E-state index in [-0.39, 0.29) is 24.1 Å². The highest BCUT2D eigenvalue weighted by molar-refractivity contribution is 6.22. The van der Waals surface area contributed by atoms with Crippen LogP contribution in [0.5, 0.6) is 0 Å². The first-order valence-electron chi connectivity index (χ1n) is 8.91. The van der Waals surface area contributed by atoms with Gasteiger partial charge < -0.3 is 14.3 Å². The molecule has 0 atom stereocenters. The van der Waals surface area contributed by atoms with Crippen LogP contribution in [0.25, 0.3) is 0 Å². The molecule has 0 N–H and O–H groups in total. The van der Waals surface area contributed by atoms with Crippen LogP contribution in [0.3, 0.4) is 0 Å². The summed E-state index contributed by atoms with van der Waals surface area (Å²) >= 11 is 0. The zero-order valence-electron chi connectivity index (χ0n) is 15.3. The van der Waals surface area contributed by atoms with E-state index >= 15 is 0 Å². The van der Waals surface area contributed by atoms with E-state index < -0.39 is 11.8 Å². The zero-order valence-corrected chi connectivity index (χ0v) is 15.3. The van der Waals surface area contributed by atoms with Crippen molar-refractivity contribution >= 4 is 23.6 Å². The number of amides is 4. The summed E-state index contributed by atoms with van der Waals surface area (Å²) in [5.74, 6) is -0.922. The average molecular weight is 382 g/mol. The molecular weight excluding hydrogens is 364 g/mol. The van der Waals surface area contributed by atoms with Crippen LogP contribution in [0, 0.1) is 6.92 Å². The van der Waals surface area contributed by atoms with Gasteiger partial charge in [-0.1, -0.05) is 17.3 Å². The third-order valence-electron chi connectivity index (χ3n) is 4.94. The standard InChI is InChI=1S/C19H18N4O5/c1-12-10-15(20-28-12)19(27)22-8-6-21(7-9-22)16(24)11-23-17(25)13-4-2-3-5-14(13)18(23)26/h2-5,10H,6-9,11H2,1H3. The Kier molecular flexibility index (Phi) is 4.42. The van der Waals surface area contributed by atoms with Gasteiger partial charge in [0, 0.05) is 32.2 Å². The molecule has 28 heavy (non-hydrogen) atoms. The highest BCUT2D eigenvalue weighted by Gasteiger charge is 2.37. The molecule has 0 unspecified atom stereocenters. The number of benzene rings is 1. The monoisotopic (exact) mass is 382 g/mol. The lowest BCUT2D eigenvalue weighted by Crippen LogP contribution is -2.53. The number of imide groups is 1. The van der Waals surface area contributed by atoms with Crippen molar-refractivity contribution in [2.75, 3.05) is 32.7 Å². The molecule has 1 fully saturated rings. The minimum atomic E-state index is -0.454. The minimum absolute atomic E-state index is 0.239. The van der Waals surface area contributed by atoms with Crippen molar-refractivity contribution < 1.29 is 23.7 Å². The molecular formula is C19H18N4O5. The summed E-state index contributed by atoms with van der Waals surface area (Å²) in [7, 11) is 0. The maximum absolute atomic E-state index is 12.6. The van der Waals surface area contributed by atoms with Crippen LogP contribution in [0.4, 0.5) is 0 Å². The van der Waals surface area contributed by atoms with Gasteiger partial charge >= 0.3 is 0 Å². The molecule has 0 spiro atoms. The largest absolute Gasteiger partial charge is 0.361 e. The van der Waals surface area contributed by atoms with Crippen LogP contribution in [0.2, 0.25) is 0 Å². The van der Waals surface area contributed by atoms with Crippen molar-refractivity contribution in [3.63, 3.8) is 0 Å². The topological polar surface area (TPSA) is 104 Å². The number of piperazine rings is 1. The Hall–Kier alpha value is -3.49. The molecule has 2 aliphatic rings. The highest BCUT2D eigenvalue weighted by atomic mass is 16.5. The Morgan fingerprint density at radius 1 is 1.00 bits per heavy atom. The molecule has 0 saturated carbocycles. The van der Waals surface area contributed by atoms with Crippen molar-refractivity contribution in [3.05, 3.63) is 52.9 Å².